The molecule has 2 rings (SSSR count). The predicted octanol–water partition coefficient (Wildman–Crippen LogP) is 4.23. The van der Waals surface area contributed by atoms with Crippen molar-refractivity contribution in [2.75, 3.05) is 12.8 Å². The van der Waals surface area contributed by atoms with Gasteiger partial charge in [-0.2, -0.15) is 11.8 Å². The van der Waals surface area contributed by atoms with E-state index in [9.17, 15) is 4.79 Å². The second-order valence-corrected chi connectivity index (χ2v) is 7.59. The highest BCUT2D eigenvalue weighted by molar-refractivity contribution is 9.11. The van der Waals surface area contributed by atoms with Crippen LogP contribution in [0.3, 0.4) is 0 Å². The number of hydrogen-bond acceptors (Lipinski definition) is 2. The van der Waals surface area contributed by atoms with Crippen molar-refractivity contribution in [3.63, 3.8) is 0 Å². The third-order valence-electron chi connectivity index (χ3n) is 3.44. The van der Waals surface area contributed by atoms with Gasteiger partial charge in [-0.1, -0.05) is 22.4 Å². The Bertz CT molecular complexity index is 455. The van der Waals surface area contributed by atoms with E-state index in [-0.39, 0.29) is 10.7 Å². The number of amides is 1. The van der Waals surface area contributed by atoms with Crippen molar-refractivity contribution in [2.45, 2.75) is 24.0 Å². The maximum absolute atomic E-state index is 12.1. The fourth-order valence-electron chi connectivity index (χ4n) is 2.03. The lowest BCUT2D eigenvalue weighted by molar-refractivity contribution is 0.0943. The summed E-state index contributed by atoms with van der Waals surface area (Å²) >= 11 is 8.67. The first kappa shape index (κ1) is 14.4. The van der Waals surface area contributed by atoms with Crippen molar-refractivity contribution in [2.24, 2.45) is 0 Å². The highest BCUT2D eigenvalue weighted by Gasteiger charge is 2.36. The molecule has 0 unspecified atom stereocenters. The molecule has 1 aromatic carbocycles. The number of hydrogen-bond donors (Lipinski definition) is 1. The monoisotopic (exact) mass is 391 g/mol. The van der Waals surface area contributed by atoms with Gasteiger partial charge < -0.3 is 5.32 Å². The number of benzene rings is 1. The third-order valence-corrected chi connectivity index (χ3v) is 6.01. The molecule has 0 saturated heterocycles. The van der Waals surface area contributed by atoms with E-state index < -0.39 is 0 Å². The molecular formula is C13H15Br2NOS. The molecule has 98 valence electrons. The second kappa shape index (κ2) is 5.97. The molecule has 1 aliphatic rings. The Balaban J connectivity index is 1.99. The minimum atomic E-state index is -0.00491. The van der Waals surface area contributed by atoms with Gasteiger partial charge in [-0.05, 0) is 53.2 Å². The van der Waals surface area contributed by atoms with Crippen LogP contribution in [0.5, 0.6) is 0 Å². The van der Waals surface area contributed by atoms with Crippen LogP contribution in [-0.2, 0) is 0 Å². The molecule has 1 aliphatic carbocycles. The average Bonchev–Trinajstić information content (AvgIpc) is 2.27. The molecule has 1 aromatic rings. The van der Waals surface area contributed by atoms with Gasteiger partial charge >= 0.3 is 0 Å². The molecule has 18 heavy (non-hydrogen) atoms. The predicted molar refractivity (Wildman–Crippen MR) is 84.3 cm³/mol. The summed E-state index contributed by atoms with van der Waals surface area (Å²) in [5.74, 6) is -0.00491. The molecule has 1 fully saturated rings. The van der Waals surface area contributed by atoms with Crippen LogP contribution in [0.1, 0.15) is 29.6 Å². The lowest BCUT2D eigenvalue weighted by Gasteiger charge is -2.40. The molecule has 2 nitrogen and oxygen atoms in total. The summed E-state index contributed by atoms with van der Waals surface area (Å²) in [5, 5.41) is 3.05. The average molecular weight is 393 g/mol. The van der Waals surface area contributed by atoms with Crippen LogP contribution in [0.15, 0.2) is 27.1 Å². The molecule has 0 bridgehead atoms. The molecule has 0 radical (unpaired) electrons. The smallest absolute Gasteiger partial charge is 0.252 e. The summed E-state index contributed by atoms with van der Waals surface area (Å²) < 4.78 is 2.06. The number of thioether (sulfide) groups is 1. The van der Waals surface area contributed by atoms with Crippen LogP contribution in [0, 0.1) is 0 Å². The summed E-state index contributed by atoms with van der Waals surface area (Å²) in [5.41, 5.74) is 0.689. The van der Waals surface area contributed by atoms with Gasteiger partial charge in [0.05, 0.1) is 5.56 Å². The van der Waals surface area contributed by atoms with E-state index in [4.69, 9.17) is 0 Å². The first-order chi connectivity index (χ1) is 8.56. The van der Waals surface area contributed by atoms with E-state index >= 15 is 0 Å². The summed E-state index contributed by atoms with van der Waals surface area (Å²) in [7, 11) is 0. The molecular weight excluding hydrogens is 378 g/mol. The number of carbonyl (C=O) groups is 1. The Labute approximate surface area is 129 Å². The van der Waals surface area contributed by atoms with Gasteiger partial charge in [0.2, 0.25) is 0 Å². The number of halogens is 2. The summed E-state index contributed by atoms with van der Waals surface area (Å²) in [4.78, 5) is 12.1. The molecule has 0 atom stereocenters. The van der Waals surface area contributed by atoms with Gasteiger partial charge in [0.25, 0.3) is 5.91 Å². The molecule has 0 spiro atoms. The Morgan fingerprint density at radius 1 is 1.44 bits per heavy atom. The van der Waals surface area contributed by atoms with E-state index in [1.807, 2.05) is 30.0 Å². The van der Waals surface area contributed by atoms with Gasteiger partial charge in [-0.15, -0.1) is 0 Å². The molecule has 1 N–H and O–H groups in total. The highest BCUT2D eigenvalue weighted by Crippen LogP contribution is 2.42. The van der Waals surface area contributed by atoms with E-state index in [1.54, 1.807) is 0 Å². The minimum absolute atomic E-state index is 0.00491. The van der Waals surface area contributed by atoms with Crippen molar-refractivity contribution in [1.82, 2.24) is 5.32 Å². The Morgan fingerprint density at radius 2 is 2.17 bits per heavy atom. The summed E-state index contributed by atoms with van der Waals surface area (Å²) in [6.45, 7) is 0.759. The van der Waals surface area contributed by atoms with E-state index in [2.05, 4.69) is 43.4 Å². The lowest BCUT2D eigenvalue weighted by Crippen LogP contribution is -2.45. The normalized spacial score (nSPS) is 17.1. The van der Waals surface area contributed by atoms with Gasteiger partial charge in [0.15, 0.2) is 0 Å². The molecule has 0 aromatic heterocycles. The minimum Gasteiger partial charge on any atom is -0.351 e. The number of carbonyl (C=O) groups excluding carboxylic acids is 1. The molecule has 0 aliphatic heterocycles. The summed E-state index contributed by atoms with van der Waals surface area (Å²) in [6.07, 6.45) is 5.81. The van der Waals surface area contributed by atoms with Crippen molar-refractivity contribution in [1.29, 1.82) is 0 Å². The lowest BCUT2D eigenvalue weighted by atomic mass is 9.84. The van der Waals surface area contributed by atoms with E-state index in [1.165, 1.54) is 19.3 Å². The van der Waals surface area contributed by atoms with Gasteiger partial charge in [0, 0.05) is 20.2 Å². The maximum atomic E-state index is 12.1. The van der Waals surface area contributed by atoms with Crippen LogP contribution in [0.25, 0.3) is 0 Å². The summed E-state index contributed by atoms with van der Waals surface area (Å²) in [6, 6.07) is 5.60. The van der Waals surface area contributed by atoms with Crippen LogP contribution in [0.2, 0.25) is 0 Å². The largest absolute Gasteiger partial charge is 0.351 e. The quantitative estimate of drug-likeness (QED) is 0.830. The van der Waals surface area contributed by atoms with Crippen molar-refractivity contribution < 1.29 is 4.79 Å². The zero-order chi connectivity index (χ0) is 13.2. The van der Waals surface area contributed by atoms with Crippen LogP contribution in [0.4, 0.5) is 0 Å². The van der Waals surface area contributed by atoms with Gasteiger partial charge in [-0.3, -0.25) is 4.79 Å². The third kappa shape index (κ3) is 3.11. The SMILES string of the molecule is CSC1(CNC(=O)c2ccc(Br)cc2Br)CCC1. The fraction of sp³-hybridized carbons (Fsp3) is 0.462. The fourth-order valence-corrected chi connectivity index (χ4v) is 4.17. The zero-order valence-corrected chi connectivity index (χ0v) is 14.1. The van der Waals surface area contributed by atoms with Gasteiger partial charge in [0.1, 0.15) is 0 Å². The maximum Gasteiger partial charge on any atom is 0.252 e. The standard InChI is InChI=1S/C13H15Br2NOS/c1-18-13(5-2-6-13)8-16-12(17)10-4-3-9(14)7-11(10)15/h3-4,7H,2,5-6,8H2,1H3,(H,16,17). The Morgan fingerprint density at radius 3 is 2.67 bits per heavy atom. The zero-order valence-electron chi connectivity index (χ0n) is 10.1. The molecule has 0 heterocycles. The molecule has 1 saturated carbocycles. The van der Waals surface area contributed by atoms with E-state index in [0.29, 0.717) is 5.56 Å². The van der Waals surface area contributed by atoms with Crippen LogP contribution < -0.4 is 5.32 Å². The second-order valence-electron chi connectivity index (χ2n) is 4.55. The van der Waals surface area contributed by atoms with Gasteiger partial charge in [-0.25, -0.2) is 0 Å². The number of rotatable bonds is 4. The van der Waals surface area contributed by atoms with Crippen molar-refractivity contribution in [3.8, 4) is 0 Å². The first-order valence-corrected chi connectivity index (χ1v) is 8.66. The van der Waals surface area contributed by atoms with Crippen molar-refractivity contribution in [3.05, 3.63) is 32.7 Å². The Hall–Kier alpha value is -0.000000000000000111. The number of nitrogens with one attached hydrogen (secondary N) is 1. The highest BCUT2D eigenvalue weighted by atomic mass is 79.9. The topological polar surface area (TPSA) is 29.1 Å². The van der Waals surface area contributed by atoms with Crippen molar-refractivity contribution >= 4 is 49.5 Å². The molecule has 5 heteroatoms. The molecule has 1 amide bonds. The Kier molecular flexibility index (Phi) is 4.78. The van der Waals surface area contributed by atoms with E-state index in [0.717, 1.165) is 15.5 Å². The first-order valence-electron chi connectivity index (χ1n) is 5.85. The van der Waals surface area contributed by atoms with Crippen LogP contribution >= 0.6 is 43.6 Å². The van der Waals surface area contributed by atoms with Crippen LogP contribution in [-0.4, -0.2) is 23.5 Å².